The minimum atomic E-state index is 0. The summed E-state index contributed by atoms with van der Waals surface area (Å²) in [7, 11) is 0. The second kappa shape index (κ2) is 9.05. The van der Waals surface area contributed by atoms with Crippen LogP contribution in [0, 0.1) is 0 Å². The summed E-state index contributed by atoms with van der Waals surface area (Å²) < 4.78 is 11.0. The van der Waals surface area contributed by atoms with Gasteiger partial charge in [0.15, 0.2) is 11.5 Å². The molecule has 22 heavy (non-hydrogen) atoms. The van der Waals surface area contributed by atoms with Crippen LogP contribution in [0.25, 0.3) is 0 Å². The molecule has 0 saturated carbocycles. The SMILES string of the molecule is Cl.Cl.O=C(CN1CCNCC1)Nc1ccc2c(c1)OCCO2. The molecule has 0 radical (unpaired) electrons. The summed E-state index contributed by atoms with van der Waals surface area (Å²) in [5, 5.41) is 6.17. The van der Waals surface area contributed by atoms with Crippen molar-refractivity contribution in [2.75, 3.05) is 51.3 Å². The molecule has 2 aliphatic rings. The highest BCUT2D eigenvalue weighted by Crippen LogP contribution is 2.32. The number of benzene rings is 1. The average Bonchev–Trinajstić information content (AvgIpc) is 2.48. The zero-order valence-corrected chi connectivity index (χ0v) is 13.8. The van der Waals surface area contributed by atoms with E-state index < -0.39 is 0 Å². The van der Waals surface area contributed by atoms with E-state index in [2.05, 4.69) is 15.5 Å². The maximum Gasteiger partial charge on any atom is 0.238 e. The van der Waals surface area contributed by atoms with E-state index in [1.165, 1.54) is 0 Å². The molecule has 1 fully saturated rings. The molecule has 1 saturated heterocycles. The predicted octanol–water partition coefficient (Wildman–Crippen LogP) is 1.15. The number of carbonyl (C=O) groups is 1. The maximum absolute atomic E-state index is 12.0. The van der Waals surface area contributed by atoms with E-state index in [1.54, 1.807) is 0 Å². The standard InChI is InChI=1S/C14H19N3O3.2ClH/c18-14(10-17-5-3-15-4-6-17)16-11-1-2-12-13(9-11)20-8-7-19-12;;/h1-2,9,15H,3-8,10H2,(H,16,18);2*1H. The van der Waals surface area contributed by atoms with Crippen molar-refractivity contribution in [2.24, 2.45) is 0 Å². The second-order valence-electron chi connectivity index (χ2n) is 4.93. The van der Waals surface area contributed by atoms with Gasteiger partial charge in [-0.15, -0.1) is 24.8 Å². The molecular formula is C14H21Cl2N3O3. The lowest BCUT2D eigenvalue weighted by Crippen LogP contribution is -2.46. The molecule has 0 unspecified atom stereocenters. The van der Waals surface area contributed by atoms with Gasteiger partial charge >= 0.3 is 0 Å². The van der Waals surface area contributed by atoms with Crippen LogP contribution >= 0.6 is 24.8 Å². The first-order chi connectivity index (χ1) is 9.81. The van der Waals surface area contributed by atoms with E-state index in [0.29, 0.717) is 25.5 Å². The van der Waals surface area contributed by atoms with Gasteiger partial charge in [0, 0.05) is 37.9 Å². The summed E-state index contributed by atoms with van der Waals surface area (Å²) in [4.78, 5) is 14.1. The number of halogens is 2. The Balaban J connectivity index is 0.00000121. The zero-order valence-electron chi connectivity index (χ0n) is 12.2. The third-order valence-electron chi connectivity index (χ3n) is 3.40. The quantitative estimate of drug-likeness (QED) is 0.856. The van der Waals surface area contributed by atoms with E-state index in [9.17, 15) is 4.79 Å². The van der Waals surface area contributed by atoms with Gasteiger partial charge in [-0.25, -0.2) is 0 Å². The van der Waals surface area contributed by atoms with Gasteiger partial charge in [0.1, 0.15) is 13.2 Å². The van der Waals surface area contributed by atoms with Crippen molar-refractivity contribution in [3.63, 3.8) is 0 Å². The number of amides is 1. The fourth-order valence-electron chi connectivity index (χ4n) is 2.39. The summed E-state index contributed by atoms with van der Waals surface area (Å²) in [6, 6.07) is 5.47. The molecule has 6 nitrogen and oxygen atoms in total. The lowest BCUT2D eigenvalue weighted by atomic mass is 10.2. The summed E-state index contributed by atoms with van der Waals surface area (Å²) in [5.41, 5.74) is 0.745. The topological polar surface area (TPSA) is 62.8 Å². The fourth-order valence-corrected chi connectivity index (χ4v) is 2.39. The van der Waals surface area contributed by atoms with Gasteiger partial charge in [-0.2, -0.15) is 0 Å². The van der Waals surface area contributed by atoms with E-state index in [1.807, 2.05) is 18.2 Å². The normalized spacial score (nSPS) is 16.9. The Morgan fingerprint density at radius 2 is 1.82 bits per heavy atom. The number of hydrogen-bond donors (Lipinski definition) is 2. The Morgan fingerprint density at radius 1 is 1.14 bits per heavy atom. The minimum absolute atomic E-state index is 0. The lowest BCUT2D eigenvalue weighted by Gasteiger charge is -2.26. The molecule has 0 bridgehead atoms. The smallest absolute Gasteiger partial charge is 0.238 e. The van der Waals surface area contributed by atoms with Crippen LogP contribution in [-0.4, -0.2) is 56.7 Å². The van der Waals surface area contributed by atoms with Crippen LogP contribution in [0.1, 0.15) is 0 Å². The number of carbonyl (C=O) groups excluding carboxylic acids is 1. The molecule has 2 aliphatic heterocycles. The van der Waals surface area contributed by atoms with Gasteiger partial charge in [-0.1, -0.05) is 0 Å². The highest BCUT2D eigenvalue weighted by Gasteiger charge is 2.15. The molecular weight excluding hydrogens is 329 g/mol. The molecule has 0 aromatic heterocycles. The molecule has 8 heteroatoms. The largest absolute Gasteiger partial charge is 0.486 e. The number of nitrogens with one attached hydrogen (secondary N) is 2. The second-order valence-corrected chi connectivity index (χ2v) is 4.93. The Labute approximate surface area is 142 Å². The first-order valence-corrected chi connectivity index (χ1v) is 6.94. The molecule has 2 heterocycles. The maximum atomic E-state index is 12.0. The predicted molar refractivity (Wildman–Crippen MR) is 89.9 cm³/mol. The van der Waals surface area contributed by atoms with Gasteiger partial charge in [-0.3, -0.25) is 9.69 Å². The van der Waals surface area contributed by atoms with Gasteiger partial charge in [0.2, 0.25) is 5.91 Å². The van der Waals surface area contributed by atoms with Crippen molar-refractivity contribution in [2.45, 2.75) is 0 Å². The van der Waals surface area contributed by atoms with Gasteiger partial charge < -0.3 is 20.1 Å². The van der Waals surface area contributed by atoms with E-state index >= 15 is 0 Å². The number of rotatable bonds is 3. The van der Waals surface area contributed by atoms with Crippen LogP contribution in [0.15, 0.2) is 18.2 Å². The van der Waals surface area contributed by atoms with Crippen molar-refractivity contribution < 1.29 is 14.3 Å². The molecule has 0 aliphatic carbocycles. The molecule has 1 amide bonds. The lowest BCUT2D eigenvalue weighted by molar-refractivity contribution is -0.117. The van der Waals surface area contributed by atoms with Gasteiger partial charge in [0.05, 0.1) is 6.54 Å². The van der Waals surface area contributed by atoms with E-state index in [0.717, 1.165) is 37.6 Å². The van der Waals surface area contributed by atoms with Crippen molar-refractivity contribution >= 4 is 36.4 Å². The fraction of sp³-hybridized carbons (Fsp3) is 0.500. The zero-order chi connectivity index (χ0) is 13.8. The Bertz CT molecular complexity index is 496. The van der Waals surface area contributed by atoms with Crippen LogP contribution in [0.3, 0.4) is 0 Å². The number of hydrogen-bond acceptors (Lipinski definition) is 5. The number of nitrogens with zero attached hydrogens (tertiary/aromatic N) is 1. The molecule has 0 atom stereocenters. The summed E-state index contributed by atoms with van der Waals surface area (Å²) in [6.45, 7) is 5.25. The van der Waals surface area contributed by atoms with Crippen molar-refractivity contribution in [1.29, 1.82) is 0 Å². The number of ether oxygens (including phenoxy) is 2. The molecule has 0 spiro atoms. The summed E-state index contributed by atoms with van der Waals surface area (Å²) in [6.07, 6.45) is 0. The monoisotopic (exact) mass is 349 g/mol. The molecule has 124 valence electrons. The van der Waals surface area contributed by atoms with Crippen molar-refractivity contribution in [3.05, 3.63) is 18.2 Å². The van der Waals surface area contributed by atoms with Crippen LogP contribution in [-0.2, 0) is 4.79 Å². The van der Waals surface area contributed by atoms with E-state index in [-0.39, 0.29) is 30.7 Å². The average molecular weight is 350 g/mol. The summed E-state index contributed by atoms with van der Waals surface area (Å²) >= 11 is 0. The number of fused-ring (bicyclic) bond motifs is 1. The summed E-state index contributed by atoms with van der Waals surface area (Å²) in [5.74, 6) is 1.43. The first kappa shape index (κ1) is 18.8. The molecule has 1 aromatic carbocycles. The number of anilines is 1. The van der Waals surface area contributed by atoms with E-state index in [4.69, 9.17) is 9.47 Å². The van der Waals surface area contributed by atoms with Gasteiger partial charge in [-0.05, 0) is 12.1 Å². The van der Waals surface area contributed by atoms with Crippen LogP contribution < -0.4 is 20.1 Å². The van der Waals surface area contributed by atoms with Crippen LogP contribution in [0.5, 0.6) is 11.5 Å². The Morgan fingerprint density at radius 3 is 2.55 bits per heavy atom. The molecule has 1 aromatic rings. The third-order valence-corrected chi connectivity index (χ3v) is 3.40. The van der Waals surface area contributed by atoms with Crippen LogP contribution in [0.4, 0.5) is 5.69 Å². The molecule has 2 N–H and O–H groups in total. The Hall–Kier alpha value is -1.21. The highest BCUT2D eigenvalue weighted by atomic mass is 35.5. The third kappa shape index (κ3) is 4.91. The molecule has 3 rings (SSSR count). The Kier molecular flexibility index (Phi) is 7.75. The minimum Gasteiger partial charge on any atom is -0.486 e. The number of piperazine rings is 1. The van der Waals surface area contributed by atoms with Crippen LogP contribution in [0.2, 0.25) is 0 Å². The van der Waals surface area contributed by atoms with Gasteiger partial charge in [0.25, 0.3) is 0 Å². The first-order valence-electron chi connectivity index (χ1n) is 6.94. The van der Waals surface area contributed by atoms with Crippen molar-refractivity contribution in [1.82, 2.24) is 10.2 Å². The van der Waals surface area contributed by atoms with Crippen molar-refractivity contribution in [3.8, 4) is 11.5 Å². The highest BCUT2D eigenvalue weighted by molar-refractivity contribution is 5.92.